The average Bonchev–Trinajstić information content (AvgIpc) is 2.84. The lowest BCUT2D eigenvalue weighted by molar-refractivity contribution is 0.468. The second-order valence-electron chi connectivity index (χ2n) is 4.62. The predicted molar refractivity (Wildman–Crippen MR) is 77.8 cm³/mol. The molecule has 0 atom stereocenters. The van der Waals surface area contributed by atoms with Crippen LogP contribution in [0.3, 0.4) is 0 Å². The first-order valence-corrected chi connectivity index (χ1v) is 6.51. The largest absolute Gasteiger partial charge is 0.437 e. The number of fused-ring (bicyclic) bond motifs is 1. The molecule has 0 saturated heterocycles. The number of nitrogens with two attached hydrogens (primary N) is 1. The van der Waals surface area contributed by atoms with Crippen LogP contribution in [0.4, 0.5) is 0 Å². The van der Waals surface area contributed by atoms with Crippen LogP contribution in [0.1, 0.15) is 5.56 Å². The van der Waals surface area contributed by atoms with Crippen molar-refractivity contribution < 1.29 is 4.74 Å². The van der Waals surface area contributed by atoms with E-state index >= 15 is 0 Å². The van der Waals surface area contributed by atoms with Gasteiger partial charge < -0.3 is 15.0 Å². The maximum absolute atomic E-state index is 5.82. The lowest BCUT2D eigenvalue weighted by Crippen LogP contribution is -2.02. The zero-order valence-corrected chi connectivity index (χ0v) is 11.3. The van der Waals surface area contributed by atoms with Crippen LogP contribution in [0, 0.1) is 0 Å². The Hall–Kier alpha value is -2.40. The number of aromatic nitrogens is 3. The van der Waals surface area contributed by atoms with E-state index in [9.17, 15) is 0 Å². The summed E-state index contributed by atoms with van der Waals surface area (Å²) in [4.78, 5) is 8.58. The Kier molecular flexibility index (Phi) is 3.35. The Morgan fingerprint density at radius 3 is 2.70 bits per heavy atom. The van der Waals surface area contributed by atoms with Crippen molar-refractivity contribution in [2.45, 2.75) is 6.42 Å². The normalized spacial score (nSPS) is 10.9. The molecule has 2 aromatic heterocycles. The maximum atomic E-state index is 5.82. The third-order valence-electron chi connectivity index (χ3n) is 3.18. The van der Waals surface area contributed by atoms with Crippen molar-refractivity contribution in [3.05, 3.63) is 48.4 Å². The lowest BCUT2D eigenvalue weighted by Gasteiger charge is -2.06. The Labute approximate surface area is 117 Å². The number of ether oxygens (including phenoxy) is 1. The van der Waals surface area contributed by atoms with Crippen molar-refractivity contribution in [1.29, 1.82) is 0 Å². The fourth-order valence-electron chi connectivity index (χ4n) is 2.11. The van der Waals surface area contributed by atoms with E-state index in [1.54, 1.807) is 12.5 Å². The highest BCUT2D eigenvalue weighted by Gasteiger charge is 2.08. The smallest absolute Gasteiger partial charge is 0.247 e. The summed E-state index contributed by atoms with van der Waals surface area (Å²) in [7, 11) is 1.95. The molecule has 102 valence electrons. The molecule has 1 aromatic carbocycles. The number of imidazole rings is 1. The molecule has 0 aliphatic heterocycles. The summed E-state index contributed by atoms with van der Waals surface area (Å²) in [6, 6.07) is 9.80. The zero-order chi connectivity index (χ0) is 13.9. The standard InChI is InChI=1S/C15H16N4O/c1-19-10-18-14-13(19)7-9-17-15(14)20-12-4-2-11(3-5-12)6-8-16/h2-5,7,9-10H,6,8,16H2,1H3. The summed E-state index contributed by atoms with van der Waals surface area (Å²) < 4.78 is 7.76. The van der Waals surface area contributed by atoms with Gasteiger partial charge in [0.25, 0.3) is 0 Å². The van der Waals surface area contributed by atoms with Gasteiger partial charge in [-0.15, -0.1) is 0 Å². The SMILES string of the molecule is Cn1cnc2c(Oc3ccc(CCN)cc3)nccc21. The number of aryl methyl sites for hydroxylation is 1. The molecule has 0 radical (unpaired) electrons. The van der Waals surface area contributed by atoms with Crippen LogP contribution in [0.25, 0.3) is 11.0 Å². The number of pyridine rings is 1. The third kappa shape index (κ3) is 2.35. The summed E-state index contributed by atoms with van der Waals surface area (Å²) in [6.07, 6.45) is 4.35. The first-order chi connectivity index (χ1) is 9.78. The van der Waals surface area contributed by atoms with E-state index in [4.69, 9.17) is 10.5 Å². The van der Waals surface area contributed by atoms with Gasteiger partial charge in [-0.05, 0) is 36.7 Å². The van der Waals surface area contributed by atoms with Gasteiger partial charge in [0, 0.05) is 13.2 Å². The van der Waals surface area contributed by atoms with Gasteiger partial charge in [-0.1, -0.05) is 12.1 Å². The lowest BCUT2D eigenvalue weighted by atomic mass is 10.1. The van der Waals surface area contributed by atoms with Gasteiger partial charge in [-0.25, -0.2) is 9.97 Å². The molecule has 3 aromatic rings. The van der Waals surface area contributed by atoms with Gasteiger partial charge >= 0.3 is 0 Å². The number of nitrogens with zero attached hydrogens (tertiary/aromatic N) is 3. The van der Waals surface area contributed by atoms with E-state index in [-0.39, 0.29) is 0 Å². The molecule has 3 rings (SSSR count). The van der Waals surface area contributed by atoms with Gasteiger partial charge in [0.15, 0.2) is 5.52 Å². The molecule has 5 nitrogen and oxygen atoms in total. The first kappa shape index (κ1) is 12.6. The zero-order valence-electron chi connectivity index (χ0n) is 11.3. The molecule has 20 heavy (non-hydrogen) atoms. The molecule has 5 heteroatoms. The Balaban J connectivity index is 1.89. The molecule has 2 heterocycles. The molecule has 0 aliphatic rings. The van der Waals surface area contributed by atoms with Crippen molar-refractivity contribution in [2.24, 2.45) is 12.8 Å². The van der Waals surface area contributed by atoms with Crippen molar-refractivity contribution in [2.75, 3.05) is 6.54 Å². The van der Waals surface area contributed by atoms with Crippen LogP contribution >= 0.6 is 0 Å². The minimum Gasteiger partial charge on any atom is -0.437 e. The second kappa shape index (κ2) is 5.30. The van der Waals surface area contributed by atoms with Crippen LogP contribution in [0.2, 0.25) is 0 Å². The first-order valence-electron chi connectivity index (χ1n) is 6.51. The Morgan fingerprint density at radius 1 is 1.15 bits per heavy atom. The minimum absolute atomic E-state index is 0.523. The molecule has 0 bridgehead atoms. The number of hydrogen-bond acceptors (Lipinski definition) is 4. The van der Waals surface area contributed by atoms with Crippen molar-refractivity contribution in [3.63, 3.8) is 0 Å². The van der Waals surface area contributed by atoms with Gasteiger partial charge in [-0.2, -0.15) is 0 Å². The maximum Gasteiger partial charge on any atom is 0.247 e. The van der Waals surface area contributed by atoms with E-state index in [0.717, 1.165) is 23.2 Å². The summed E-state index contributed by atoms with van der Waals surface area (Å²) in [5, 5.41) is 0. The van der Waals surface area contributed by atoms with Crippen LogP contribution < -0.4 is 10.5 Å². The minimum atomic E-state index is 0.523. The van der Waals surface area contributed by atoms with E-state index in [1.165, 1.54) is 5.56 Å². The summed E-state index contributed by atoms with van der Waals surface area (Å²) >= 11 is 0. The highest BCUT2D eigenvalue weighted by Crippen LogP contribution is 2.26. The van der Waals surface area contributed by atoms with Crippen LogP contribution in [-0.4, -0.2) is 21.1 Å². The molecule has 0 fully saturated rings. The molecular weight excluding hydrogens is 252 g/mol. The molecule has 0 amide bonds. The number of rotatable bonds is 4. The van der Waals surface area contributed by atoms with Gasteiger partial charge in [0.1, 0.15) is 5.75 Å². The highest BCUT2D eigenvalue weighted by molar-refractivity contribution is 5.80. The molecule has 2 N–H and O–H groups in total. The fourth-order valence-corrected chi connectivity index (χ4v) is 2.11. The monoisotopic (exact) mass is 268 g/mol. The molecule has 0 saturated carbocycles. The quantitative estimate of drug-likeness (QED) is 0.788. The topological polar surface area (TPSA) is 66.0 Å². The van der Waals surface area contributed by atoms with Crippen molar-refractivity contribution >= 4 is 11.0 Å². The molecular formula is C15H16N4O. The highest BCUT2D eigenvalue weighted by atomic mass is 16.5. The molecule has 0 aliphatic carbocycles. The van der Waals surface area contributed by atoms with Crippen molar-refractivity contribution in [1.82, 2.24) is 14.5 Å². The molecule has 0 spiro atoms. The third-order valence-corrected chi connectivity index (χ3v) is 3.18. The summed E-state index contributed by atoms with van der Waals surface area (Å²) in [5.74, 6) is 1.27. The van der Waals surface area contributed by atoms with Gasteiger partial charge in [-0.3, -0.25) is 0 Å². The molecule has 0 unspecified atom stereocenters. The van der Waals surface area contributed by atoms with E-state index in [2.05, 4.69) is 9.97 Å². The van der Waals surface area contributed by atoms with Gasteiger partial charge in [0.2, 0.25) is 5.88 Å². The van der Waals surface area contributed by atoms with E-state index < -0.39 is 0 Å². The Morgan fingerprint density at radius 2 is 1.95 bits per heavy atom. The summed E-state index contributed by atoms with van der Waals surface area (Å²) in [5.41, 5.74) is 8.49. The summed E-state index contributed by atoms with van der Waals surface area (Å²) in [6.45, 7) is 0.648. The number of hydrogen-bond donors (Lipinski definition) is 1. The average molecular weight is 268 g/mol. The van der Waals surface area contributed by atoms with Crippen LogP contribution in [-0.2, 0) is 13.5 Å². The van der Waals surface area contributed by atoms with E-state index in [0.29, 0.717) is 12.4 Å². The fraction of sp³-hybridized carbons (Fsp3) is 0.200. The van der Waals surface area contributed by atoms with Crippen LogP contribution in [0.15, 0.2) is 42.9 Å². The number of benzene rings is 1. The Bertz CT molecular complexity index is 718. The van der Waals surface area contributed by atoms with Crippen molar-refractivity contribution in [3.8, 4) is 11.6 Å². The van der Waals surface area contributed by atoms with Gasteiger partial charge in [0.05, 0.1) is 11.8 Å². The van der Waals surface area contributed by atoms with Crippen LogP contribution in [0.5, 0.6) is 11.6 Å². The second-order valence-corrected chi connectivity index (χ2v) is 4.62. The van der Waals surface area contributed by atoms with E-state index in [1.807, 2.05) is 41.9 Å². The predicted octanol–water partition coefficient (Wildman–Crippen LogP) is 2.26.